The Kier molecular flexibility index (Phi) is 7.29. The van der Waals surface area contributed by atoms with E-state index in [1.165, 1.54) is 6.92 Å². The van der Waals surface area contributed by atoms with Crippen LogP contribution < -0.4 is 5.73 Å². The number of carboxylic acids is 1. The lowest BCUT2D eigenvalue weighted by molar-refractivity contribution is -0.143. The van der Waals surface area contributed by atoms with Gasteiger partial charge in [-0.2, -0.15) is 0 Å². The summed E-state index contributed by atoms with van der Waals surface area (Å²) in [6.07, 6.45) is 0. The number of nitrogens with two attached hydrogens (primary N) is 1. The predicted molar refractivity (Wildman–Crippen MR) is 65.0 cm³/mol. The summed E-state index contributed by atoms with van der Waals surface area (Å²) in [5.74, 6) is -1.01. The van der Waals surface area contributed by atoms with Gasteiger partial charge in [0, 0.05) is 33.4 Å². The summed E-state index contributed by atoms with van der Waals surface area (Å²) in [7, 11) is 3.22. The number of aliphatic carboxylic acids is 1. The van der Waals surface area contributed by atoms with Gasteiger partial charge < -0.3 is 20.3 Å². The number of nitrogens with zero attached hydrogens (tertiary/aromatic N) is 1. The minimum atomic E-state index is -1.27. The van der Waals surface area contributed by atoms with Crippen LogP contribution in [0.4, 0.5) is 0 Å². The van der Waals surface area contributed by atoms with Crippen LogP contribution in [0.15, 0.2) is 0 Å². The van der Waals surface area contributed by atoms with Crippen molar-refractivity contribution < 1.29 is 19.4 Å². The van der Waals surface area contributed by atoms with Gasteiger partial charge in [0.1, 0.15) is 5.54 Å². The smallest absolute Gasteiger partial charge is 0.324 e. The summed E-state index contributed by atoms with van der Waals surface area (Å²) >= 11 is 0. The molecule has 0 aliphatic carbocycles. The van der Waals surface area contributed by atoms with Crippen molar-refractivity contribution in [3.8, 4) is 0 Å². The highest BCUT2D eigenvalue weighted by Gasteiger charge is 2.31. The van der Waals surface area contributed by atoms with Gasteiger partial charge >= 0.3 is 5.97 Å². The van der Waals surface area contributed by atoms with E-state index in [9.17, 15) is 4.79 Å². The highest BCUT2D eigenvalue weighted by Crippen LogP contribution is 2.08. The second-order valence-corrected chi connectivity index (χ2v) is 4.49. The van der Waals surface area contributed by atoms with Crippen LogP contribution in [0, 0.1) is 0 Å². The van der Waals surface area contributed by atoms with Gasteiger partial charge in [0.2, 0.25) is 0 Å². The highest BCUT2D eigenvalue weighted by molar-refractivity contribution is 5.78. The van der Waals surface area contributed by atoms with Crippen molar-refractivity contribution in [2.45, 2.75) is 25.4 Å². The predicted octanol–water partition coefficient (Wildman–Crippen LogP) is -0.228. The standard InChI is InChI=1S/C11H24N2O4/c1-9(7-17-4)13(5-6-16-3)8-11(2,12)10(14)15/h9H,5-8,12H2,1-4H3,(H,14,15). The third-order valence-electron chi connectivity index (χ3n) is 2.63. The largest absolute Gasteiger partial charge is 0.480 e. The maximum Gasteiger partial charge on any atom is 0.324 e. The zero-order valence-electron chi connectivity index (χ0n) is 11.1. The monoisotopic (exact) mass is 248 g/mol. The summed E-state index contributed by atoms with van der Waals surface area (Å²) < 4.78 is 10.1. The number of rotatable bonds is 9. The van der Waals surface area contributed by atoms with Crippen LogP contribution >= 0.6 is 0 Å². The number of carboxylic acid groups (broad SMARTS) is 1. The van der Waals surface area contributed by atoms with E-state index in [1.807, 2.05) is 11.8 Å². The van der Waals surface area contributed by atoms with Gasteiger partial charge in [-0.05, 0) is 13.8 Å². The van der Waals surface area contributed by atoms with Gasteiger partial charge in [0.25, 0.3) is 0 Å². The molecule has 17 heavy (non-hydrogen) atoms. The Labute approximate surface area is 103 Å². The van der Waals surface area contributed by atoms with Gasteiger partial charge in [0.05, 0.1) is 13.2 Å². The average molecular weight is 248 g/mol. The van der Waals surface area contributed by atoms with Crippen LogP contribution in [0.2, 0.25) is 0 Å². The maximum absolute atomic E-state index is 11.0. The SMILES string of the molecule is COCCN(CC(C)(N)C(=O)O)C(C)COC. The van der Waals surface area contributed by atoms with E-state index in [2.05, 4.69) is 0 Å². The fourth-order valence-electron chi connectivity index (χ4n) is 1.50. The van der Waals surface area contributed by atoms with Crippen molar-refractivity contribution in [3.63, 3.8) is 0 Å². The van der Waals surface area contributed by atoms with Crippen molar-refractivity contribution in [2.75, 3.05) is 40.5 Å². The van der Waals surface area contributed by atoms with Crippen LogP contribution in [-0.2, 0) is 14.3 Å². The average Bonchev–Trinajstić information content (AvgIpc) is 2.24. The van der Waals surface area contributed by atoms with Crippen molar-refractivity contribution in [1.29, 1.82) is 0 Å². The number of methoxy groups -OCH3 is 2. The number of carbonyl (C=O) groups is 1. The van der Waals surface area contributed by atoms with Crippen LogP contribution in [0.25, 0.3) is 0 Å². The Morgan fingerprint density at radius 1 is 1.47 bits per heavy atom. The summed E-state index contributed by atoms with van der Waals surface area (Å²) in [4.78, 5) is 13.0. The summed E-state index contributed by atoms with van der Waals surface area (Å²) in [6.45, 7) is 5.42. The number of hydrogen-bond acceptors (Lipinski definition) is 5. The molecule has 0 aliphatic rings. The van der Waals surface area contributed by atoms with Crippen LogP contribution in [-0.4, -0.2) is 68.1 Å². The molecule has 0 aromatic heterocycles. The van der Waals surface area contributed by atoms with E-state index in [0.717, 1.165) is 0 Å². The molecule has 0 heterocycles. The lowest BCUT2D eigenvalue weighted by atomic mass is 10.0. The molecule has 0 radical (unpaired) electrons. The molecule has 0 aromatic carbocycles. The molecule has 102 valence electrons. The molecule has 2 unspecified atom stereocenters. The third-order valence-corrected chi connectivity index (χ3v) is 2.63. The molecule has 0 aromatic rings. The molecule has 0 bridgehead atoms. The zero-order valence-corrected chi connectivity index (χ0v) is 11.1. The van der Waals surface area contributed by atoms with Crippen LogP contribution in [0.5, 0.6) is 0 Å². The Morgan fingerprint density at radius 2 is 2.06 bits per heavy atom. The van der Waals surface area contributed by atoms with Crippen molar-refractivity contribution >= 4 is 5.97 Å². The first-order valence-electron chi connectivity index (χ1n) is 5.59. The van der Waals surface area contributed by atoms with E-state index >= 15 is 0 Å². The first-order chi connectivity index (χ1) is 7.85. The minimum absolute atomic E-state index is 0.0948. The molecule has 3 N–H and O–H groups in total. The second kappa shape index (κ2) is 7.60. The third kappa shape index (κ3) is 5.97. The second-order valence-electron chi connectivity index (χ2n) is 4.49. The van der Waals surface area contributed by atoms with E-state index in [1.54, 1.807) is 14.2 Å². The van der Waals surface area contributed by atoms with E-state index < -0.39 is 11.5 Å². The Bertz CT molecular complexity index is 234. The molecular weight excluding hydrogens is 224 g/mol. The summed E-state index contributed by atoms with van der Waals surface area (Å²) in [5.41, 5.74) is 4.48. The quantitative estimate of drug-likeness (QED) is 0.586. The lowest BCUT2D eigenvalue weighted by Gasteiger charge is -2.33. The van der Waals surface area contributed by atoms with Crippen molar-refractivity contribution in [2.24, 2.45) is 5.73 Å². The minimum Gasteiger partial charge on any atom is -0.480 e. The van der Waals surface area contributed by atoms with Crippen molar-refractivity contribution in [3.05, 3.63) is 0 Å². The molecule has 0 aliphatic heterocycles. The first kappa shape index (κ1) is 16.3. The van der Waals surface area contributed by atoms with E-state index in [-0.39, 0.29) is 12.6 Å². The van der Waals surface area contributed by atoms with Gasteiger partial charge in [-0.1, -0.05) is 0 Å². The maximum atomic E-state index is 11.0. The van der Waals surface area contributed by atoms with Gasteiger partial charge in [0.15, 0.2) is 0 Å². The molecule has 0 fully saturated rings. The Hall–Kier alpha value is -0.690. The molecule has 6 heteroatoms. The lowest BCUT2D eigenvalue weighted by Crippen LogP contribution is -2.56. The van der Waals surface area contributed by atoms with Crippen LogP contribution in [0.1, 0.15) is 13.8 Å². The molecule has 0 saturated carbocycles. The topological polar surface area (TPSA) is 85.0 Å². The van der Waals surface area contributed by atoms with Gasteiger partial charge in [-0.25, -0.2) is 0 Å². The Balaban J connectivity index is 4.51. The molecule has 0 spiro atoms. The van der Waals surface area contributed by atoms with E-state index in [4.69, 9.17) is 20.3 Å². The number of hydrogen-bond donors (Lipinski definition) is 2. The molecule has 0 amide bonds. The Morgan fingerprint density at radius 3 is 2.47 bits per heavy atom. The number of ether oxygens (including phenoxy) is 2. The molecular formula is C11H24N2O4. The molecule has 6 nitrogen and oxygen atoms in total. The van der Waals surface area contributed by atoms with Gasteiger partial charge in [-0.3, -0.25) is 9.69 Å². The normalized spacial score (nSPS) is 16.8. The zero-order chi connectivity index (χ0) is 13.5. The highest BCUT2D eigenvalue weighted by atomic mass is 16.5. The first-order valence-corrected chi connectivity index (χ1v) is 5.59. The molecule has 0 saturated heterocycles. The van der Waals surface area contributed by atoms with E-state index in [0.29, 0.717) is 19.8 Å². The van der Waals surface area contributed by atoms with Crippen molar-refractivity contribution in [1.82, 2.24) is 4.90 Å². The fraction of sp³-hybridized carbons (Fsp3) is 0.909. The van der Waals surface area contributed by atoms with Gasteiger partial charge in [-0.15, -0.1) is 0 Å². The summed E-state index contributed by atoms with van der Waals surface area (Å²) in [6, 6.07) is 0.0948. The molecule has 0 rings (SSSR count). The molecule has 2 atom stereocenters. The van der Waals surface area contributed by atoms with Crippen LogP contribution in [0.3, 0.4) is 0 Å². The fourth-order valence-corrected chi connectivity index (χ4v) is 1.50. The summed E-state index contributed by atoms with van der Waals surface area (Å²) in [5, 5.41) is 9.01.